The van der Waals surface area contributed by atoms with Crippen LogP contribution in [0.4, 0.5) is 0 Å². The summed E-state index contributed by atoms with van der Waals surface area (Å²) in [6, 6.07) is 9.66. The van der Waals surface area contributed by atoms with E-state index >= 15 is 0 Å². The van der Waals surface area contributed by atoms with Crippen molar-refractivity contribution in [2.24, 2.45) is 0 Å². The fourth-order valence-corrected chi connectivity index (χ4v) is 4.33. The number of fused-ring (bicyclic) bond motifs is 1. The van der Waals surface area contributed by atoms with E-state index < -0.39 is 17.9 Å². The number of ether oxygens (including phenoxy) is 3. The summed E-state index contributed by atoms with van der Waals surface area (Å²) in [5, 5.41) is 7.98. The molecule has 0 bridgehead atoms. The molecule has 1 N–H and O–H groups in total. The number of aromatic nitrogens is 2. The Kier molecular flexibility index (Phi) is 5.97. The predicted molar refractivity (Wildman–Crippen MR) is 113 cm³/mol. The van der Waals surface area contributed by atoms with Crippen LogP contribution in [0, 0.1) is 6.92 Å². The van der Waals surface area contributed by atoms with E-state index in [2.05, 4.69) is 10.4 Å². The Labute approximate surface area is 181 Å². The van der Waals surface area contributed by atoms with Crippen molar-refractivity contribution < 1.29 is 23.8 Å². The summed E-state index contributed by atoms with van der Waals surface area (Å²) < 4.78 is 18.0. The van der Waals surface area contributed by atoms with Gasteiger partial charge < -0.3 is 19.5 Å². The maximum absolute atomic E-state index is 12.9. The Morgan fingerprint density at radius 1 is 1.10 bits per heavy atom. The minimum absolute atomic E-state index is 0.114. The lowest BCUT2D eigenvalue weighted by Crippen LogP contribution is -2.39. The van der Waals surface area contributed by atoms with Crippen LogP contribution in [-0.4, -0.2) is 42.0 Å². The molecule has 4 rings (SSSR count). The van der Waals surface area contributed by atoms with Crippen molar-refractivity contribution in [3.63, 3.8) is 0 Å². The summed E-state index contributed by atoms with van der Waals surface area (Å²) >= 11 is 0. The van der Waals surface area contributed by atoms with Gasteiger partial charge in [0, 0.05) is 6.04 Å². The third-order valence-corrected chi connectivity index (χ3v) is 5.87. The Bertz CT molecular complexity index is 1010. The largest absolute Gasteiger partial charge is 0.468 e. The molecule has 8 nitrogen and oxygen atoms in total. The summed E-state index contributed by atoms with van der Waals surface area (Å²) in [6.07, 6.45) is 5.33. The van der Waals surface area contributed by atoms with Gasteiger partial charge in [-0.3, -0.25) is 4.79 Å². The van der Waals surface area contributed by atoms with E-state index in [-0.39, 0.29) is 17.5 Å². The Morgan fingerprint density at radius 2 is 1.81 bits per heavy atom. The molecule has 0 saturated heterocycles. The Morgan fingerprint density at radius 3 is 2.45 bits per heavy atom. The van der Waals surface area contributed by atoms with Gasteiger partial charge in [-0.05, 0) is 31.9 Å². The Hall–Kier alpha value is -3.29. The fraction of sp³-hybridized carbons (Fsp3) is 0.435. The minimum atomic E-state index is -0.996. The molecular weight excluding hydrogens is 398 g/mol. The van der Waals surface area contributed by atoms with Crippen molar-refractivity contribution in [2.75, 3.05) is 14.2 Å². The number of hydrogen-bond donors (Lipinski definition) is 1. The van der Waals surface area contributed by atoms with Gasteiger partial charge in [0.25, 0.3) is 0 Å². The monoisotopic (exact) mass is 425 g/mol. The number of para-hydroxylation sites is 1. The molecule has 31 heavy (non-hydrogen) atoms. The predicted octanol–water partition coefficient (Wildman–Crippen LogP) is 3.14. The van der Waals surface area contributed by atoms with Crippen LogP contribution in [0.5, 0.6) is 5.88 Å². The Balaban J connectivity index is 1.86. The third kappa shape index (κ3) is 3.89. The normalized spacial score (nSPS) is 18.7. The summed E-state index contributed by atoms with van der Waals surface area (Å²) in [4.78, 5) is 25.7. The first-order valence-electron chi connectivity index (χ1n) is 10.5. The molecule has 1 aliphatic heterocycles. The van der Waals surface area contributed by atoms with E-state index in [9.17, 15) is 9.59 Å². The SMILES string of the molecule is COC(=O)C1=C(NC2CCCCC2)Oc2c(c(C)nn2-c2ccccc2)C1C(=O)OC. The van der Waals surface area contributed by atoms with Gasteiger partial charge in [-0.25, -0.2) is 9.48 Å². The van der Waals surface area contributed by atoms with Crippen molar-refractivity contribution in [3.8, 4) is 11.6 Å². The summed E-state index contributed by atoms with van der Waals surface area (Å²) in [6.45, 7) is 1.78. The molecule has 2 aromatic rings. The highest BCUT2D eigenvalue weighted by Gasteiger charge is 2.44. The topological polar surface area (TPSA) is 91.7 Å². The van der Waals surface area contributed by atoms with Crippen molar-refractivity contribution >= 4 is 11.9 Å². The van der Waals surface area contributed by atoms with Gasteiger partial charge in [0.1, 0.15) is 11.5 Å². The van der Waals surface area contributed by atoms with E-state index in [1.54, 1.807) is 11.6 Å². The van der Waals surface area contributed by atoms with Crippen LogP contribution in [0.15, 0.2) is 41.8 Å². The second-order valence-electron chi connectivity index (χ2n) is 7.82. The summed E-state index contributed by atoms with van der Waals surface area (Å²) in [7, 11) is 2.59. The fourth-order valence-electron chi connectivity index (χ4n) is 4.33. The first-order valence-corrected chi connectivity index (χ1v) is 10.5. The van der Waals surface area contributed by atoms with Gasteiger partial charge in [0.15, 0.2) is 0 Å². The van der Waals surface area contributed by atoms with E-state index in [0.717, 1.165) is 31.4 Å². The molecule has 1 aromatic carbocycles. The molecule has 1 saturated carbocycles. The molecule has 0 radical (unpaired) electrons. The van der Waals surface area contributed by atoms with Crippen LogP contribution in [-0.2, 0) is 19.1 Å². The van der Waals surface area contributed by atoms with Gasteiger partial charge in [-0.2, -0.15) is 5.10 Å². The van der Waals surface area contributed by atoms with E-state index in [4.69, 9.17) is 14.2 Å². The highest BCUT2D eigenvalue weighted by atomic mass is 16.5. The minimum Gasteiger partial charge on any atom is -0.468 e. The molecule has 164 valence electrons. The van der Waals surface area contributed by atoms with Gasteiger partial charge in [0.2, 0.25) is 11.8 Å². The number of benzene rings is 1. The molecule has 2 heterocycles. The zero-order valence-electron chi connectivity index (χ0n) is 18.0. The second kappa shape index (κ2) is 8.83. The van der Waals surface area contributed by atoms with Gasteiger partial charge in [-0.1, -0.05) is 37.5 Å². The highest BCUT2D eigenvalue weighted by molar-refractivity contribution is 6.00. The summed E-state index contributed by atoms with van der Waals surface area (Å²) in [5.74, 6) is -1.57. The first kappa shape index (κ1) is 21.0. The van der Waals surface area contributed by atoms with E-state index in [1.807, 2.05) is 30.3 Å². The zero-order chi connectivity index (χ0) is 22.0. The lowest BCUT2D eigenvalue weighted by Gasteiger charge is -2.31. The van der Waals surface area contributed by atoms with E-state index in [1.165, 1.54) is 20.6 Å². The average molecular weight is 425 g/mol. The maximum Gasteiger partial charge on any atom is 0.340 e. The second-order valence-corrected chi connectivity index (χ2v) is 7.82. The van der Waals surface area contributed by atoms with Gasteiger partial charge in [-0.15, -0.1) is 0 Å². The van der Waals surface area contributed by atoms with Crippen LogP contribution < -0.4 is 10.1 Å². The molecule has 8 heteroatoms. The molecular formula is C23H27N3O5. The first-order chi connectivity index (χ1) is 15.0. The van der Waals surface area contributed by atoms with Crippen LogP contribution in [0.25, 0.3) is 5.69 Å². The average Bonchev–Trinajstić information content (AvgIpc) is 3.14. The number of carbonyl (C=O) groups is 2. The lowest BCUT2D eigenvalue weighted by molar-refractivity contribution is -0.145. The molecule has 1 aromatic heterocycles. The number of carbonyl (C=O) groups excluding carboxylic acids is 2. The number of aryl methyl sites for hydroxylation is 1. The molecule has 1 atom stereocenters. The molecule has 2 aliphatic rings. The van der Waals surface area contributed by atoms with Crippen molar-refractivity contribution in [1.82, 2.24) is 15.1 Å². The van der Waals surface area contributed by atoms with Crippen LogP contribution in [0.3, 0.4) is 0 Å². The van der Waals surface area contributed by atoms with Crippen LogP contribution in [0.2, 0.25) is 0 Å². The van der Waals surface area contributed by atoms with Crippen molar-refractivity contribution in [1.29, 1.82) is 0 Å². The van der Waals surface area contributed by atoms with Gasteiger partial charge in [0.05, 0.1) is 31.2 Å². The van der Waals surface area contributed by atoms with Crippen LogP contribution in [0.1, 0.15) is 49.3 Å². The van der Waals surface area contributed by atoms with E-state index in [0.29, 0.717) is 17.1 Å². The van der Waals surface area contributed by atoms with Crippen LogP contribution >= 0.6 is 0 Å². The quantitative estimate of drug-likeness (QED) is 0.736. The number of nitrogens with zero attached hydrogens (tertiary/aromatic N) is 2. The highest BCUT2D eigenvalue weighted by Crippen LogP contribution is 2.43. The number of methoxy groups -OCH3 is 2. The zero-order valence-corrected chi connectivity index (χ0v) is 18.0. The van der Waals surface area contributed by atoms with Crippen molar-refractivity contribution in [3.05, 3.63) is 53.0 Å². The molecule has 1 aliphatic carbocycles. The molecule has 0 spiro atoms. The maximum atomic E-state index is 12.9. The lowest BCUT2D eigenvalue weighted by atomic mass is 9.88. The molecule has 1 unspecified atom stereocenters. The third-order valence-electron chi connectivity index (χ3n) is 5.87. The summed E-state index contributed by atoms with van der Waals surface area (Å²) in [5.41, 5.74) is 1.98. The molecule has 0 amide bonds. The smallest absolute Gasteiger partial charge is 0.340 e. The van der Waals surface area contributed by atoms with Crippen molar-refractivity contribution in [2.45, 2.75) is 51.0 Å². The molecule has 1 fully saturated rings. The number of esters is 2. The van der Waals surface area contributed by atoms with Gasteiger partial charge >= 0.3 is 11.9 Å². The number of hydrogen-bond acceptors (Lipinski definition) is 7. The number of rotatable bonds is 5. The standard InChI is InChI=1S/C23H27N3O5/c1-14-17-18(22(27)29-2)19(23(28)30-3)20(24-15-10-6-4-7-11-15)31-21(17)26(25-14)16-12-8-5-9-13-16/h5,8-9,12-13,15,18,24H,4,6-7,10-11H2,1-3H3. The number of nitrogens with one attached hydrogen (secondary N) is 1.